The number of hydrogen-bond acceptors (Lipinski definition) is 6. The summed E-state index contributed by atoms with van der Waals surface area (Å²) in [6, 6.07) is 10.4. The van der Waals surface area contributed by atoms with Gasteiger partial charge in [-0.15, -0.1) is 0 Å². The smallest absolute Gasteiger partial charge is 0.180 e. The van der Waals surface area contributed by atoms with Crippen LogP contribution < -0.4 is 9.47 Å². The van der Waals surface area contributed by atoms with E-state index in [0.717, 1.165) is 28.6 Å². The monoisotopic (exact) mass is 431 g/mol. The summed E-state index contributed by atoms with van der Waals surface area (Å²) in [6.45, 7) is 6.18. The predicted octanol–water partition coefficient (Wildman–Crippen LogP) is 5.51. The number of hydrogen-bond donors (Lipinski definition) is 0. The topological polar surface area (TPSA) is 47.0 Å². The van der Waals surface area contributed by atoms with Crippen LogP contribution in [0.3, 0.4) is 0 Å². The molecular weight excluding hydrogens is 406 g/mol. The molecule has 1 aromatic carbocycles. The number of amidine groups is 1. The first-order chi connectivity index (χ1) is 14.0. The molecule has 154 valence electrons. The first-order valence-electron chi connectivity index (χ1n) is 9.97. The van der Waals surface area contributed by atoms with Gasteiger partial charge in [-0.1, -0.05) is 36.4 Å². The highest BCUT2D eigenvalue weighted by atomic mass is 35.5. The average molecular weight is 432 g/mol. The number of pyridine rings is 1. The second-order valence-electron chi connectivity index (χ2n) is 7.54. The molecule has 2 aliphatic rings. The maximum atomic E-state index is 6.66. The third kappa shape index (κ3) is 3.80. The van der Waals surface area contributed by atoms with Crippen LogP contribution in [0.5, 0.6) is 11.5 Å². The van der Waals surface area contributed by atoms with Crippen molar-refractivity contribution in [2.75, 3.05) is 12.9 Å². The molecule has 0 N–H and O–H groups in total. The van der Waals surface area contributed by atoms with E-state index in [-0.39, 0.29) is 18.2 Å². The Morgan fingerprint density at radius 1 is 1.31 bits per heavy atom. The van der Waals surface area contributed by atoms with Crippen LogP contribution in [0.25, 0.3) is 0 Å². The minimum Gasteiger partial charge on any atom is -0.493 e. The molecular formula is C22H26ClN3O2S. The minimum atomic E-state index is -0.0781. The summed E-state index contributed by atoms with van der Waals surface area (Å²) in [4.78, 5) is 12.1. The van der Waals surface area contributed by atoms with Crippen LogP contribution in [0.2, 0.25) is 5.02 Å². The van der Waals surface area contributed by atoms with Crippen LogP contribution >= 0.6 is 23.4 Å². The Kier molecular flexibility index (Phi) is 5.93. The molecule has 0 aliphatic carbocycles. The van der Waals surface area contributed by atoms with Crippen molar-refractivity contribution in [2.45, 2.75) is 51.4 Å². The molecule has 2 aliphatic heterocycles. The summed E-state index contributed by atoms with van der Waals surface area (Å²) in [5.74, 6) is 2.29. The van der Waals surface area contributed by atoms with E-state index in [1.807, 2.05) is 62.1 Å². The van der Waals surface area contributed by atoms with Gasteiger partial charge in [0.1, 0.15) is 6.04 Å². The molecule has 0 saturated carbocycles. The fourth-order valence-corrected chi connectivity index (χ4v) is 5.57. The van der Waals surface area contributed by atoms with Crippen LogP contribution in [0.4, 0.5) is 0 Å². The Hall–Kier alpha value is -1.92. The van der Waals surface area contributed by atoms with Gasteiger partial charge in [0.25, 0.3) is 0 Å². The van der Waals surface area contributed by atoms with Gasteiger partial charge >= 0.3 is 0 Å². The zero-order valence-electron chi connectivity index (χ0n) is 17.1. The molecule has 0 radical (unpaired) electrons. The van der Waals surface area contributed by atoms with Gasteiger partial charge in [0.05, 0.1) is 30.0 Å². The Balaban J connectivity index is 1.80. The summed E-state index contributed by atoms with van der Waals surface area (Å²) >= 11 is 8.49. The quantitative estimate of drug-likeness (QED) is 0.603. The highest BCUT2D eigenvalue weighted by molar-refractivity contribution is 8.14. The number of benzene rings is 1. The van der Waals surface area contributed by atoms with E-state index in [9.17, 15) is 0 Å². The molecule has 7 heteroatoms. The highest BCUT2D eigenvalue weighted by Gasteiger charge is 2.45. The second kappa shape index (κ2) is 8.44. The van der Waals surface area contributed by atoms with Crippen molar-refractivity contribution in [3.63, 3.8) is 0 Å². The van der Waals surface area contributed by atoms with E-state index in [4.69, 9.17) is 26.1 Å². The van der Waals surface area contributed by atoms with Crippen molar-refractivity contribution in [2.24, 2.45) is 4.99 Å². The summed E-state index contributed by atoms with van der Waals surface area (Å²) < 4.78 is 11.6. The highest BCUT2D eigenvalue weighted by Crippen LogP contribution is 2.50. The molecule has 0 bridgehead atoms. The van der Waals surface area contributed by atoms with E-state index >= 15 is 0 Å². The molecule has 5 nitrogen and oxygen atoms in total. The van der Waals surface area contributed by atoms with Gasteiger partial charge in [0.2, 0.25) is 0 Å². The normalized spacial score (nSPS) is 23.3. The minimum absolute atomic E-state index is 0.00869. The molecule has 3 heterocycles. The van der Waals surface area contributed by atoms with Crippen LogP contribution in [0.1, 0.15) is 50.5 Å². The Morgan fingerprint density at radius 3 is 2.79 bits per heavy atom. The summed E-state index contributed by atoms with van der Waals surface area (Å²) in [5, 5.41) is 1.65. The number of methoxy groups -OCH3 is 1. The van der Waals surface area contributed by atoms with Gasteiger partial charge < -0.3 is 14.4 Å². The molecule has 4 rings (SSSR count). The van der Waals surface area contributed by atoms with Crippen LogP contribution in [-0.2, 0) is 0 Å². The van der Waals surface area contributed by atoms with Gasteiger partial charge in [-0.2, -0.15) is 0 Å². The first-order valence-corrected chi connectivity index (χ1v) is 11.3. The summed E-state index contributed by atoms with van der Waals surface area (Å²) in [7, 11) is 1.65. The predicted molar refractivity (Wildman–Crippen MR) is 119 cm³/mol. The van der Waals surface area contributed by atoms with Crippen molar-refractivity contribution >= 4 is 28.5 Å². The van der Waals surface area contributed by atoms with Crippen molar-refractivity contribution < 1.29 is 9.47 Å². The van der Waals surface area contributed by atoms with Gasteiger partial charge in [0.15, 0.2) is 16.7 Å². The molecule has 0 amide bonds. The maximum absolute atomic E-state index is 6.66. The largest absolute Gasteiger partial charge is 0.493 e. The van der Waals surface area contributed by atoms with Crippen LogP contribution in [0, 0.1) is 0 Å². The maximum Gasteiger partial charge on any atom is 0.180 e. The van der Waals surface area contributed by atoms with Crippen LogP contribution in [-0.4, -0.2) is 40.1 Å². The number of fused-ring (bicyclic) bond motifs is 1. The molecule has 29 heavy (non-hydrogen) atoms. The molecule has 1 saturated heterocycles. The third-order valence-electron chi connectivity index (χ3n) is 5.28. The molecule has 1 fully saturated rings. The molecule has 0 spiro atoms. The fraction of sp³-hybridized carbons (Fsp3) is 0.455. The molecule has 0 unspecified atom stereocenters. The summed E-state index contributed by atoms with van der Waals surface area (Å²) in [5.41, 5.74) is 2.03. The lowest BCUT2D eigenvalue weighted by atomic mass is 9.95. The Labute approximate surface area is 181 Å². The van der Waals surface area contributed by atoms with E-state index in [0.29, 0.717) is 22.6 Å². The zero-order chi connectivity index (χ0) is 20.5. The average Bonchev–Trinajstić information content (AvgIpc) is 3.28. The van der Waals surface area contributed by atoms with Crippen LogP contribution in [0.15, 0.2) is 41.5 Å². The molecule has 1 aromatic heterocycles. The van der Waals surface area contributed by atoms with Crippen molar-refractivity contribution in [3.05, 3.63) is 52.8 Å². The number of nitrogens with zero attached hydrogens (tertiary/aromatic N) is 3. The lowest BCUT2D eigenvalue weighted by Gasteiger charge is -2.32. The molecule has 3 atom stereocenters. The van der Waals surface area contributed by atoms with Crippen molar-refractivity contribution in [1.82, 2.24) is 9.88 Å². The zero-order valence-corrected chi connectivity index (χ0v) is 18.7. The van der Waals surface area contributed by atoms with E-state index in [2.05, 4.69) is 16.8 Å². The van der Waals surface area contributed by atoms with Gasteiger partial charge in [-0.25, -0.2) is 0 Å². The lowest BCUT2D eigenvalue weighted by Crippen LogP contribution is -2.35. The summed E-state index contributed by atoms with van der Waals surface area (Å²) in [6.07, 6.45) is 2.90. The first kappa shape index (κ1) is 20.4. The number of thioether (sulfide) groups is 1. The lowest BCUT2D eigenvalue weighted by molar-refractivity contribution is 0.228. The standard InChI is InChI=1S/C22H26ClN3O2S/c1-5-15-12-29-22-25-19(17-8-6-7-9-24-17)20(26(15)22)14-10-16(23)21(28-13(2)3)18(11-14)27-4/h6-11,13,15,19-20H,5,12H2,1-4H3/t15-,19+,20-/m1/s1. The van der Waals surface area contributed by atoms with E-state index in [1.165, 1.54) is 0 Å². The molecule has 2 aromatic rings. The number of aromatic nitrogens is 1. The van der Waals surface area contributed by atoms with Gasteiger partial charge in [-0.3, -0.25) is 9.98 Å². The number of halogens is 1. The van der Waals surface area contributed by atoms with Crippen molar-refractivity contribution in [1.29, 1.82) is 0 Å². The number of ether oxygens (including phenoxy) is 2. The van der Waals surface area contributed by atoms with Crippen molar-refractivity contribution in [3.8, 4) is 11.5 Å². The van der Waals surface area contributed by atoms with Gasteiger partial charge in [0, 0.05) is 18.0 Å². The third-order valence-corrected chi connectivity index (χ3v) is 6.68. The van der Waals surface area contributed by atoms with E-state index < -0.39 is 0 Å². The van der Waals surface area contributed by atoms with E-state index in [1.54, 1.807) is 7.11 Å². The Bertz CT molecular complexity index is 906. The van der Waals surface area contributed by atoms with Gasteiger partial charge in [-0.05, 0) is 50.1 Å². The SMILES string of the molecule is CC[C@@H]1CSC2=N[C@@H](c3ccccn3)[C@@H](c3cc(Cl)c(OC(C)C)c(OC)c3)N21. The second-order valence-corrected chi connectivity index (χ2v) is 8.93. The number of aliphatic imine (C=N–C) groups is 1. The Morgan fingerprint density at radius 2 is 2.14 bits per heavy atom. The fourth-order valence-electron chi connectivity index (χ4n) is 3.97. The number of rotatable bonds is 6.